The molecule has 0 saturated carbocycles. The van der Waals surface area contributed by atoms with Crippen LogP contribution in [0.1, 0.15) is 19.4 Å². The third-order valence-electron chi connectivity index (χ3n) is 2.47. The maximum absolute atomic E-state index is 5.79. The van der Waals surface area contributed by atoms with Crippen LogP contribution in [0.5, 0.6) is 0 Å². The molecule has 100 valence electrons. The maximum Gasteiger partial charge on any atom is 0.189 e. The molecule has 0 saturated heterocycles. The number of imidazole rings is 1. The summed E-state index contributed by atoms with van der Waals surface area (Å²) >= 11 is 0. The van der Waals surface area contributed by atoms with Gasteiger partial charge in [-0.1, -0.05) is 6.07 Å². The number of pyridine rings is 1. The first-order valence-corrected chi connectivity index (χ1v) is 6.15. The third kappa shape index (κ3) is 3.54. The summed E-state index contributed by atoms with van der Waals surface area (Å²) in [7, 11) is 0. The van der Waals surface area contributed by atoms with Crippen LogP contribution in [0.2, 0.25) is 0 Å². The predicted molar refractivity (Wildman–Crippen MR) is 75.0 cm³/mol. The van der Waals surface area contributed by atoms with Gasteiger partial charge in [-0.25, -0.2) is 15.0 Å². The van der Waals surface area contributed by atoms with Gasteiger partial charge in [-0.15, -0.1) is 0 Å². The van der Waals surface area contributed by atoms with Crippen molar-refractivity contribution in [2.75, 3.05) is 0 Å². The summed E-state index contributed by atoms with van der Waals surface area (Å²) < 4.78 is 1.86. The Hall–Kier alpha value is -2.37. The zero-order chi connectivity index (χ0) is 13.7. The maximum atomic E-state index is 5.79. The molecular formula is C13H18N6. The molecule has 0 aromatic carbocycles. The lowest BCUT2D eigenvalue weighted by atomic mass is 10.2. The van der Waals surface area contributed by atoms with Crippen LogP contribution in [0.3, 0.4) is 0 Å². The highest BCUT2D eigenvalue weighted by atomic mass is 15.1. The van der Waals surface area contributed by atoms with Crippen molar-refractivity contribution in [2.45, 2.75) is 26.4 Å². The molecule has 0 amide bonds. The average Bonchev–Trinajstić information content (AvgIpc) is 2.89. The number of nitrogens with zero attached hydrogens (tertiary/aromatic N) is 4. The van der Waals surface area contributed by atoms with Crippen molar-refractivity contribution in [3.63, 3.8) is 0 Å². The number of hydrogen-bond donors (Lipinski definition) is 2. The van der Waals surface area contributed by atoms with E-state index in [0.717, 1.165) is 11.4 Å². The molecule has 0 aliphatic rings. The lowest BCUT2D eigenvalue weighted by Gasteiger charge is -2.10. The number of nitrogens with one attached hydrogen (secondary N) is 1. The van der Waals surface area contributed by atoms with Crippen molar-refractivity contribution < 1.29 is 0 Å². The van der Waals surface area contributed by atoms with Crippen molar-refractivity contribution >= 4 is 5.96 Å². The van der Waals surface area contributed by atoms with Gasteiger partial charge in [0, 0.05) is 30.2 Å². The fourth-order valence-electron chi connectivity index (χ4n) is 1.68. The van der Waals surface area contributed by atoms with E-state index in [9.17, 15) is 0 Å². The minimum absolute atomic E-state index is 0.269. The minimum atomic E-state index is 0.269. The van der Waals surface area contributed by atoms with E-state index in [4.69, 9.17) is 5.73 Å². The van der Waals surface area contributed by atoms with Crippen LogP contribution in [0.4, 0.5) is 0 Å². The molecule has 19 heavy (non-hydrogen) atoms. The van der Waals surface area contributed by atoms with Crippen LogP contribution in [0.25, 0.3) is 5.82 Å². The molecule has 2 heterocycles. The molecule has 0 aliphatic carbocycles. The van der Waals surface area contributed by atoms with Gasteiger partial charge in [0.15, 0.2) is 5.96 Å². The summed E-state index contributed by atoms with van der Waals surface area (Å²) in [6.45, 7) is 4.51. The van der Waals surface area contributed by atoms with Crippen LogP contribution in [0, 0.1) is 0 Å². The van der Waals surface area contributed by atoms with Crippen LogP contribution >= 0.6 is 0 Å². The molecule has 0 bridgehead atoms. The second-order valence-electron chi connectivity index (χ2n) is 4.46. The van der Waals surface area contributed by atoms with Crippen molar-refractivity contribution in [3.8, 4) is 5.82 Å². The Kier molecular flexibility index (Phi) is 4.12. The molecule has 3 N–H and O–H groups in total. The van der Waals surface area contributed by atoms with Gasteiger partial charge in [-0.05, 0) is 19.9 Å². The van der Waals surface area contributed by atoms with Gasteiger partial charge in [0.05, 0.1) is 6.54 Å². The molecule has 0 atom stereocenters. The average molecular weight is 258 g/mol. The first-order chi connectivity index (χ1) is 9.16. The van der Waals surface area contributed by atoms with E-state index in [1.807, 2.05) is 36.7 Å². The van der Waals surface area contributed by atoms with Crippen molar-refractivity contribution in [3.05, 3.63) is 42.6 Å². The second kappa shape index (κ2) is 5.99. The number of hydrogen-bond acceptors (Lipinski definition) is 3. The van der Waals surface area contributed by atoms with Gasteiger partial charge in [0.2, 0.25) is 0 Å². The largest absolute Gasteiger partial charge is 0.370 e. The van der Waals surface area contributed by atoms with Crippen molar-refractivity contribution in [1.29, 1.82) is 0 Å². The van der Waals surface area contributed by atoms with Crippen LogP contribution in [0.15, 0.2) is 42.0 Å². The molecule has 2 aromatic heterocycles. The highest BCUT2D eigenvalue weighted by molar-refractivity contribution is 5.78. The Labute approximate surface area is 112 Å². The summed E-state index contributed by atoms with van der Waals surface area (Å²) in [4.78, 5) is 12.7. The Morgan fingerprint density at radius 1 is 1.47 bits per heavy atom. The smallest absolute Gasteiger partial charge is 0.189 e. The van der Waals surface area contributed by atoms with Crippen LogP contribution in [-0.2, 0) is 6.54 Å². The predicted octanol–water partition coefficient (Wildman–Crippen LogP) is 1.08. The lowest BCUT2D eigenvalue weighted by Crippen LogP contribution is -2.36. The topological polar surface area (TPSA) is 81.1 Å². The van der Waals surface area contributed by atoms with Crippen molar-refractivity contribution in [2.24, 2.45) is 10.7 Å². The molecular weight excluding hydrogens is 240 g/mol. The molecule has 0 fully saturated rings. The molecule has 6 heteroatoms. The monoisotopic (exact) mass is 258 g/mol. The number of nitrogens with two attached hydrogens (primary N) is 1. The summed E-state index contributed by atoms with van der Waals surface area (Å²) in [5, 5.41) is 3.06. The van der Waals surface area contributed by atoms with E-state index in [2.05, 4.69) is 20.3 Å². The molecule has 0 spiro atoms. The highest BCUT2D eigenvalue weighted by Gasteiger charge is 2.05. The minimum Gasteiger partial charge on any atom is -0.370 e. The standard InChI is InChI=1S/C13H18N6/c1-10(2)18-13(14)17-8-11-4-3-5-16-12(11)19-7-6-15-9-19/h3-7,9-10H,8H2,1-2H3,(H3,14,17,18). The van der Waals surface area contributed by atoms with E-state index in [1.54, 1.807) is 18.7 Å². The Bertz CT molecular complexity index is 544. The lowest BCUT2D eigenvalue weighted by molar-refractivity contribution is 0.723. The Morgan fingerprint density at radius 3 is 3.00 bits per heavy atom. The third-order valence-corrected chi connectivity index (χ3v) is 2.47. The van der Waals surface area contributed by atoms with Crippen LogP contribution < -0.4 is 11.1 Å². The van der Waals surface area contributed by atoms with Crippen LogP contribution in [-0.4, -0.2) is 26.5 Å². The van der Waals surface area contributed by atoms with Crippen molar-refractivity contribution in [1.82, 2.24) is 19.9 Å². The molecule has 2 rings (SSSR count). The number of guanidine groups is 1. The molecule has 6 nitrogen and oxygen atoms in total. The van der Waals surface area contributed by atoms with E-state index in [0.29, 0.717) is 12.5 Å². The van der Waals surface area contributed by atoms with Gasteiger partial charge in [-0.3, -0.25) is 4.57 Å². The number of rotatable bonds is 4. The van der Waals surface area contributed by atoms with Gasteiger partial charge in [0.1, 0.15) is 12.1 Å². The first-order valence-electron chi connectivity index (χ1n) is 6.15. The number of aromatic nitrogens is 3. The fourth-order valence-corrected chi connectivity index (χ4v) is 1.68. The number of aliphatic imine (C=N–C) groups is 1. The van der Waals surface area contributed by atoms with E-state index in [-0.39, 0.29) is 6.04 Å². The highest BCUT2D eigenvalue weighted by Crippen LogP contribution is 2.11. The zero-order valence-electron chi connectivity index (χ0n) is 11.1. The molecule has 0 radical (unpaired) electrons. The Morgan fingerprint density at radius 2 is 2.32 bits per heavy atom. The van der Waals surface area contributed by atoms with Gasteiger partial charge in [0.25, 0.3) is 0 Å². The Balaban J connectivity index is 2.17. The molecule has 0 unspecified atom stereocenters. The zero-order valence-corrected chi connectivity index (χ0v) is 11.1. The van der Waals surface area contributed by atoms with Gasteiger partial charge < -0.3 is 11.1 Å². The quantitative estimate of drug-likeness (QED) is 0.635. The van der Waals surface area contributed by atoms with Gasteiger partial charge in [-0.2, -0.15) is 0 Å². The normalized spacial score (nSPS) is 11.8. The molecule has 0 aliphatic heterocycles. The fraction of sp³-hybridized carbons (Fsp3) is 0.308. The molecule has 2 aromatic rings. The summed E-state index contributed by atoms with van der Waals surface area (Å²) in [5.41, 5.74) is 6.79. The SMILES string of the molecule is CC(C)NC(N)=NCc1cccnc1-n1ccnc1. The van der Waals surface area contributed by atoms with Gasteiger partial charge >= 0.3 is 0 Å². The summed E-state index contributed by atoms with van der Waals surface area (Å²) in [6, 6.07) is 4.14. The second-order valence-corrected chi connectivity index (χ2v) is 4.46. The summed E-state index contributed by atoms with van der Waals surface area (Å²) in [6.07, 6.45) is 7.03. The summed E-state index contributed by atoms with van der Waals surface area (Å²) in [5.74, 6) is 1.26. The van der Waals surface area contributed by atoms with E-state index < -0.39 is 0 Å². The first kappa shape index (κ1) is 13.1. The van der Waals surface area contributed by atoms with E-state index in [1.165, 1.54) is 0 Å². The van der Waals surface area contributed by atoms with E-state index >= 15 is 0 Å².